The third-order valence-electron chi connectivity index (χ3n) is 4.44. The first-order chi connectivity index (χ1) is 12.9. The molecule has 0 aliphatic heterocycles. The molecule has 0 amide bonds. The SMILES string of the molecule is CN(CCc1cccc(C(F)(F)F)c1)c1nnc2c(n1)[nH]c1ccccc12. The number of anilines is 1. The Morgan fingerprint density at radius 3 is 2.67 bits per heavy atom. The highest BCUT2D eigenvalue weighted by atomic mass is 19.4. The van der Waals surface area contributed by atoms with Crippen molar-refractivity contribution < 1.29 is 13.2 Å². The van der Waals surface area contributed by atoms with E-state index in [-0.39, 0.29) is 0 Å². The molecule has 0 atom stereocenters. The fraction of sp³-hybridized carbons (Fsp3) is 0.211. The quantitative estimate of drug-likeness (QED) is 0.584. The van der Waals surface area contributed by atoms with Crippen LogP contribution in [0.5, 0.6) is 0 Å². The fourth-order valence-corrected chi connectivity index (χ4v) is 2.97. The molecule has 0 aliphatic carbocycles. The Hall–Kier alpha value is -3.16. The van der Waals surface area contributed by atoms with Gasteiger partial charge >= 0.3 is 6.18 Å². The molecule has 2 heterocycles. The Labute approximate surface area is 152 Å². The third kappa shape index (κ3) is 3.42. The molecular formula is C19H16F3N5. The number of halogens is 3. The van der Waals surface area contributed by atoms with E-state index in [9.17, 15) is 13.2 Å². The van der Waals surface area contributed by atoms with Crippen LogP contribution in [0.25, 0.3) is 22.1 Å². The predicted octanol–water partition coefficient (Wildman–Crippen LogP) is 4.20. The van der Waals surface area contributed by atoms with Gasteiger partial charge < -0.3 is 9.88 Å². The first kappa shape index (κ1) is 17.3. The zero-order chi connectivity index (χ0) is 19.0. The Balaban J connectivity index is 1.53. The molecule has 8 heteroatoms. The third-order valence-corrected chi connectivity index (χ3v) is 4.44. The number of aromatic amines is 1. The molecule has 138 valence electrons. The van der Waals surface area contributed by atoms with E-state index in [1.807, 2.05) is 24.3 Å². The molecule has 0 saturated heterocycles. The minimum absolute atomic E-state index is 0.418. The van der Waals surface area contributed by atoms with Gasteiger partial charge in [-0.3, -0.25) is 0 Å². The molecule has 0 spiro atoms. The van der Waals surface area contributed by atoms with Crippen molar-refractivity contribution in [1.29, 1.82) is 0 Å². The molecule has 0 radical (unpaired) electrons. The highest BCUT2D eigenvalue weighted by Crippen LogP contribution is 2.29. The summed E-state index contributed by atoms with van der Waals surface area (Å²) in [7, 11) is 1.79. The number of hydrogen-bond acceptors (Lipinski definition) is 4. The van der Waals surface area contributed by atoms with Gasteiger partial charge in [-0.05, 0) is 24.1 Å². The van der Waals surface area contributed by atoms with E-state index >= 15 is 0 Å². The molecule has 1 N–H and O–H groups in total. The molecular weight excluding hydrogens is 355 g/mol. The van der Waals surface area contributed by atoms with Crippen molar-refractivity contribution in [1.82, 2.24) is 20.2 Å². The summed E-state index contributed by atoms with van der Waals surface area (Å²) in [6.45, 7) is 0.467. The van der Waals surface area contributed by atoms with Gasteiger partial charge in [-0.2, -0.15) is 18.2 Å². The molecule has 2 aromatic carbocycles. The molecule has 4 rings (SSSR count). The van der Waals surface area contributed by atoms with Crippen molar-refractivity contribution in [3.63, 3.8) is 0 Å². The van der Waals surface area contributed by atoms with Crippen LogP contribution in [0.3, 0.4) is 0 Å². The predicted molar refractivity (Wildman–Crippen MR) is 97.6 cm³/mol. The highest BCUT2D eigenvalue weighted by Gasteiger charge is 2.30. The minimum atomic E-state index is -4.34. The van der Waals surface area contributed by atoms with Crippen LogP contribution >= 0.6 is 0 Å². The average molecular weight is 371 g/mol. The number of nitrogens with zero attached hydrogens (tertiary/aromatic N) is 4. The van der Waals surface area contributed by atoms with Gasteiger partial charge in [-0.15, -0.1) is 10.2 Å². The number of hydrogen-bond donors (Lipinski definition) is 1. The van der Waals surface area contributed by atoms with Gasteiger partial charge in [-0.1, -0.05) is 36.4 Å². The van der Waals surface area contributed by atoms with Crippen LogP contribution in [0.4, 0.5) is 19.1 Å². The molecule has 0 aliphatic rings. The molecule has 0 unspecified atom stereocenters. The second-order valence-electron chi connectivity index (χ2n) is 6.35. The lowest BCUT2D eigenvalue weighted by Gasteiger charge is -2.16. The normalized spacial score (nSPS) is 12.0. The van der Waals surface area contributed by atoms with Crippen LogP contribution < -0.4 is 4.90 Å². The summed E-state index contributed by atoms with van der Waals surface area (Å²) in [5, 5.41) is 9.37. The maximum atomic E-state index is 12.8. The monoisotopic (exact) mass is 371 g/mol. The maximum Gasteiger partial charge on any atom is 0.416 e. The number of nitrogens with one attached hydrogen (secondary N) is 1. The molecule has 5 nitrogen and oxygen atoms in total. The van der Waals surface area contributed by atoms with E-state index in [0.29, 0.717) is 35.6 Å². The average Bonchev–Trinajstić information content (AvgIpc) is 3.03. The van der Waals surface area contributed by atoms with Crippen molar-refractivity contribution >= 4 is 28.0 Å². The molecule has 0 fully saturated rings. The standard InChI is InChI=1S/C19H16F3N5/c1-27(10-9-12-5-4-6-13(11-12)19(20,21)22)18-24-17-16(25-26-18)14-7-2-3-8-15(14)23-17/h2-8,11H,9-10H2,1H3,(H,23,24,26). The molecule has 27 heavy (non-hydrogen) atoms. The Morgan fingerprint density at radius 2 is 1.85 bits per heavy atom. The van der Waals surface area contributed by atoms with Crippen LogP contribution in [0.15, 0.2) is 48.5 Å². The summed E-state index contributed by atoms with van der Waals surface area (Å²) in [6, 6.07) is 13.1. The molecule has 4 aromatic rings. The van der Waals surface area contributed by atoms with Gasteiger partial charge in [0.05, 0.1) is 5.56 Å². The lowest BCUT2D eigenvalue weighted by Crippen LogP contribution is -2.23. The van der Waals surface area contributed by atoms with Gasteiger partial charge in [0.15, 0.2) is 5.65 Å². The summed E-state index contributed by atoms with van der Waals surface area (Å²) >= 11 is 0. The summed E-state index contributed by atoms with van der Waals surface area (Å²) in [5.74, 6) is 0.418. The number of para-hydroxylation sites is 1. The minimum Gasteiger partial charge on any atom is -0.342 e. The second kappa shape index (κ2) is 6.53. The van der Waals surface area contributed by atoms with Crippen molar-refractivity contribution in [3.05, 3.63) is 59.7 Å². The molecule has 0 saturated carbocycles. The fourth-order valence-electron chi connectivity index (χ4n) is 2.97. The Bertz CT molecular complexity index is 1100. The molecule has 0 bridgehead atoms. The number of likely N-dealkylation sites (N-methyl/N-ethyl adjacent to an activating group) is 1. The van der Waals surface area contributed by atoms with E-state index in [0.717, 1.165) is 17.0 Å². The van der Waals surface area contributed by atoms with E-state index in [1.165, 1.54) is 12.1 Å². The zero-order valence-electron chi connectivity index (χ0n) is 14.5. The Morgan fingerprint density at radius 1 is 1.04 bits per heavy atom. The number of rotatable bonds is 4. The van der Waals surface area contributed by atoms with Crippen molar-refractivity contribution in [3.8, 4) is 0 Å². The molecule has 2 aromatic heterocycles. The highest BCUT2D eigenvalue weighted by molar-refractivity contribution is 6.03. The van der Waals surface area contributed by atoms with Gasteiger partial charge in [0.1, 0.15) is 5.52 Å². The summed E-state index contributed by atoms with van der Waals surface area (Å²) in [4.78, 5) is 9.48. The van der Waals surface area contributed by atoms with E-state index in [4.69, 9.17) is 0 Å². The van der Waals surface area contributed by atoms with Gasteiger partial charge in [-0.25, -0.2) is 0 Å². The van der Waals surface area contributed by atoms with Gasteiger partial charge in [0.25, 0.3) is 0 Å². The number of H-pyrrole nitrogens is 1. The van der Waals surface area contributed by atoms with Crippen LogP contribution in [-0.4, -0.2) is 33.8 Å². The van der Waals surface area contributed by atoms with Crippen LogP contribution in [0.2, 0.25) is 0 Å². The topological polar surface area (TPSA) is 57.7 Å². The van der Waals surface area contributed by atoms with Crippen LogP contribution in [-0.2, 0) is 12.6 Å². The van der Waals surface area contributed by atoms with Crippen molar-refractivity contribution in [2.24, 2.45) is 0 Å². The Kier molecular flexibility index (Phi) is 4.18. The first-order valence-electron chi connectivity index (χ1n) is 8.40. The van der Waals surface area contributed by atoms with Gasteiger partial charge in [0, 0.05) is 24.5 Å². The number of alkyl halides is 3. The zero-order valence-corrected chi connectivity index (χ0v) is 14.5. The second-order valence-corrected chi connectivity index (χ2v) is 6.35. The lowest BCUT2D eigenvalue weighted by molar-refractivity contribution is -0.137. The maximum absolute atomic E-state index is 12.8. The van der Waals surface area contributed by atoms with Crippen LogP contribution in [0.1, 0.15) is 11.1 Å². The summed E-state index contributed by atoms with van der Waals surface area (Å²) in [6.07, 6.45) is -3.90. The lowest BCUT2D eigenvalue weighted by atomic mass is 10.1. The van der Waals surface area contributed by atoms with Crippen LogP contribution in [0, 0.1) is 0 Å². The first-order valence-corrected chi connectivity index (χ1v) is 8.40. The summed E-state index contributed by atoms with van der Waals surface area (Å²) in [5.41, 5.74) is 2.22. The van der Waals surface area contributed by atoms with E-state index < -0.39 is 11.7 Å². The van der Waals surface area contributed by atoms with E-state index in [2.05, 4.69) is 20.2 Å². The smallest absolute Gasteiger partial charge is 0.342 e. The van der Waals surface area contributed by atoms with Gasteiger partial charge in [0.2, 0.25) is 5.95 Å². The number of aromatic nitrogens is 4. The number of benzene rings is 2. The van der Waals surface area contributed by atoms with E-state index in [1.54, 1.807) is 18.0 Å². The number of fused-ring (bicyclic) bond motifs is 3. The largest absolute Gasteiger partial charge is 0.416 e. The van der Waals surface area contributed by atoms with Crippen molar-refractivity contribution in [2.45, 2.75) is 12.6 Å². The summed E-state index contributed by atoms with van der Waals surface area (Å²) < 4.78 is 38.5. The van der Waals surface area contributed by atoms with Crippen molar-refractivity contribution in [2.75, 3.05) is 18.5 Å².